The summed E-state index contributed by atoms with van der Waals surface area (Å²) >= 11 is 0. The van der Waals surface area contributed by atoms with Gasteiger partial charge in [0, 0.05) is 12.5 Å². The lowest BCUT2D eigenvalue weighted by Crippen LogP contribution is -2.05. The molecule has 1 atom stereocenters. The highest BCUT2D eigenvalue weighted by Crippen LogP contribution is 2.35. The van der Waals surface area contributed by atoms with Gasteiger partial charge in [0.25, 0.3) is 0 Å². The molecule has 4 nitrogen and oxygen atoms in total. The Balaban J connectivity index is 1.63. The molecule has 0 bridgehead atoms. The first kappa shape index (κ1) is 15.1. The summed E-state index contributed by atoms with van der Waals surface area (Å²) in [5.74, 6) is -0.628. The van der Waals surface area contributed by atoms with Crippen LogP contribution in [0.3, 0.4) is 0 Å². The van der Waals surface area contributed by atoms with E-state index in [1.165, 1.54) is 6.07 Å². The Morgan fingerprint density at radius 3 is 2.74 bits per heavy atom. The predicted octanol–water partition coefficient (Wildman–Crippen LogP) is 3.77. The number of hydrogen-bond donors (Lipinski definition) is 0. The highest BCUT2D eigenvalue weighted by molar-refractivity contribution is 5.46. The van der Waals surface area contributed by atoms with Crippen molar-refractivity contribution in [1.82, 2.24) is 0 Å². The van der Waals surface area contributed by atoms with Crippen molar-refractivity contribution in [3.05, 3.63) is 53.6 Å². The summed E-state index contributed by atoms with van der Waals surface area (Å²) in [4.78, 5) is 0. The predicted molar refractivity (Wildman–Crippen MR) is 77.4 cm³/mol. The summed E-state index contributed by atoms with van der Waals surface area (Å²) in [5, 5.41) is 9.31. The van der Waals surface area contributed by atoms with Crippen molar-refractivity contribution < 1.29 is 23.0 Å². The standard InChI is InChI=1S/C17H13F2NO3/c18-13-2-4-15(14(19)8-13)21-6-5-12(9-20)11-1-3-16-17(7-11)23-10-22-16/h1-4,7-8,12H,5-6,10H2. The summed E-state index contributed by atoms with van der Waals surface area (Å²) in [6.45, 7) is 0.304. The first-order valence-electron chi connectivity index (χ1n) is 7.04. The maximum absolute atomic E-state index is 13.5. The molecule has 0 aromatic heterocycles. The fraction of sp³-hybridized carbons (Fsp3) is 0.235. The van der Waals surface area contributed by atoms with Gasteiger partial charge in [0.15, 0.2) is 23.1 Å². The molecule has 0 saturated carbocycles. The Kier molecular flexibility index (Phi) is 4.29. The van der Waals surface area contributed by atoms with Gasteiger partial charge in [-0.1, -0.05) is 6.07 Å². The zero-order chi connectivity index (χ0) is 16.2. The lowest BCUT2D eigenvalue weighted by Gasteiger charge is -2.12. The molecule has 0 N–H and O–H groups in total. The first-order valence-corrected chi connectivity index (χ1v) is 7.04. The van der Waals surface area contributed by atoms with E-state index in [1.54, 1.807) is 18.2 Å². The molecule has 0 amide bonds. The van der Waals surface area contributed by atoms with E-state index in [0.29, 0.717) is 17.9 Å². The quantitative estimate of drug-likeness (QED) is 0.842. The Bertz CT molecular complexity index is 758. The van der Waals surface area contributed by atoms with Crippen LogP contribution in [0.15, 0.2) is 36.4 Å². The summed E-state index contributed by atoms with van der Waals surface area (Å²) in [6, 6.07) is 10.6. The summed E-state index contributed by atoms with van der Waals surface area (Å²) in [7, 11) is 0. The van der Waals surface area contributed by atoms with Gasteiger partial charge in [-0.25, -0.2) is 8.78 Å². The summed E-state index contributed by atoms with van der Waals surface area (Å²) in [5.41, 5.74) is 0.778. The zero-order valence-corrected chi connectivity index (χ0v) is 12.1. The van der Waals surface area contributed by atoms with E-state index in [4.69, 9.17) is 14.2 Å². The van der Waals surface area contributed by atoms with Gasteiger partial charge in [-0.3, -0.25) is 0 Å². The van der Waals surface area contributed by atoms with Crippen LogP contribution in [-0.4, -0.2) is 13.4 Å². The van der Waals surface area contributed by atoms with E-state index in [0.717, 1.165) is 17.7 Å². The summed E-state index contributed by atoms with van der Waals surface area (Å²) in [6.07, 6.45) is 0.368. The molecule has 118 valence electrons. The van der Waals surface area contributed by atoms with Crippen molar-refractivity contribution in [2.24, 2.45) is 0 Å². The lowest BCUT2D eigenvalue weighted by atomic mass is 9.97. The molecular weight excluding hydrogens is 304 g/mol. The Morgan fingerprint density at radius 2 is 1.96 bits per heavy atom. The van der Waals surface area contributed by atoms with Crippen LogP contribution in [0, 0.1) is 23.0 Å². The van der Waals surface area contributed by atoms with Gasteiger partial charge in [-0.05, 0) is 29.8 Å². The van der Waals surface area contributed by atoms with E-state index in [-0.39, 0.29) is 19.1 Å². The van der Waals surface area contributed by atoms with Crippen LogP contribution < -0.4 is 14.2 Å². The molecule has 23 heavy (non-hydrogen) atoms. The molecule has 3 rings (SSSR count). The maximum atomic E-state index is 13.5. The normalized spacial score (nSPS) is 13.4. The van der Waals surface area contributed by atoms with Gasteiger partial charge in [-0.2, -0.15) is 5.26 Å². The number of nitrogens with zero attached hydrogens (tertiary/aromatic N) is 1. The number of halogens is 2. The van der Waals surface area contributed by atoms with Gasteiger partial charge in [0.05, 0.1) is 18.6 Å². The molecule has 1 heterocycles. The van der Waals surface area contributed by atoms with E-state index in [2.05, 4.69) is 6.07 Å². The van der Waals surface area contributed by atoms with Crippen molar-refractivity contribution in [3.8, 4) is 23.3 Å². The Labute approximate surface area is 131 Å². The maximum Gasteiger partial charge on any atom is 0.231 e. The van der Waals surface area contributed by atoms with Crippen molar-refractivity contribution in [3.63, 3.8) is 0 Å². The van der Waals surface area contributed by atoms with E-state index < -0.39 is 17.6 Å². The molecule has 0 saturated heterocycles. The zero-order valence-electron chi connectivity index (χ0n) is 12.1. The molecule has 0 fully saturated rings. The number of fused-ring (bicyclic) bond motifs is 1. The van der Waals surface area contributed by atoms with Gasteiger partial charge < -0.3 is 14.2 Å². The molecule has 6 heteroatoms. The molecule has 2 aromatic rings. The second-order valence-corrected chi connectivity index (χ2v) is 5.01. The molecule has 0 aliphatic carbocycles. The third-order valence-corrected chi connectivity index (χ3v) is 3.51. The Morgan fingerprint density at radius 1 is 1.13 bits per heavy atom. The number of ether oxygens (including phenoxy) is 3. The van der Waals surface area contributed by atoms with Crippen LogP contribution in [0.2, 0.25) is 0 Å². The second-order valence-electron chi connectivity index (χ2n) is 5.01. The molecule has 2 aromatic carbocycles. The van der Waals surface area contributed by atoms with Crippen LogP contribution in [0.25, 0.3) is 0 Å². The van der Waals surface area contributed by atoms with Crippen LogP contribution in [0.5, 0.6) is 17.2 Å². The number of hydrogen-bond acceptors (Lipinski definition) is 4. The number of benzene rings is 2. The van der Waals surface area contributed by atoms with Crippen LogP contribution in [-0.2, 0) is 0 Å². The molecule has 1 aliphatic rings. The SMILES string of the molecule is N#CC(CCOc1ccc(F)cc1F)c1ccc2c(c1)OCO2. The third kappa shape index (κ3) is 3.34. The topological polar surface area (TPSA) is 51.5 Å². The number of nitriles is 1. The van der Waals surface area contributed by atoms with Crippen molar-refractivity contribution in [2.75, 3.05) is 13.4 Å². The molecule has 1 aliphatic heterocycles. The average molecular weight is 317 g/mol. The second kappa shape index (κ2) is 6.53. The minimum atomic E-state index is -0.762. The highest BCUT2D eigenvalue weighted by Gasteiger charge is 2.18. The van der Waals surface area contributed by atoms with Gasteiger partial charge in [0.2, 0.25) is 6.79 Å². The van der Waals surface area contributed by atoms with E-state index in [1.807, 2.05) is 0 Å². The van der Waals surface area contributed by atoms with Gasteiger partial charge >= 0.3 is 0 Å². The molecular formula is C17H13F2NO3. The first-order chi connectivity index (χ1) is 11.2. The van der Waals surface area contributed by atoms with Crippen molar-refractivity contribution in [2.45, 2.75) is 12.3 Å². The number of rotatable bonds is 5. The molecule has 1 unspecified atom stereocenters. The lowest BCUT2D eigenvalue weighted by molar-refractivity contribution is 0.174. The third-order valence-electron chi connectivity index (χ3n) is 3.51. The molecule has 0 spiro atoms. The average Bonchev–Trinajstić information content (AvgIpc) is 3.01. The fourth-order valence-corrected chi connectivity index (χ4v) is 2.31. The fourth-order valence-electron chi connectivity index (χ4n) is 2.31. The molecule has 0 radical (unpaired) electrons. The minimum absolute atomic E-state index is 0.0335. The van der Waals surface area contributed by atoms with E-state index in [9.17, 15) is 14.0 Å². The van der Waals surface area contributed by atoms with Crippen LogP contribution >= 0.6 is 0 Å². The smallest absolute Gasteiger partial charge is 0.231 e. The monoisotopic (exact) mass is 317 g/mol. The van der Waals surface area contributed by atoms with Crippen molar-refractivity contribution >= 4 is 0 Å². The van der Waals surface area contributed by atoms with Crippen molar-refractivity contribution in [1.29, 1.82) is 5.26 Å². The van der Waals surface area contributed by atoms with E-state index >= 15 is 0 Å². The highest BCUT2D eigenvalue weighted by atomic mass is 19.1. The van der Waals surface area contributed by atoms with Crippen LogP contribution in [0.4, 0.5) is 8.78 Å². The van der Waals surface area contributed by atoms with Crippen LogP contribution in [0.1, 0.15) is 17.9 Å². The van der Waals surface area contributed by atoms with Gasteiger partial charge in [-0.15, -0.1) is 0 Å². The summed E-state index contributed by atoms with van der Waals surface area (Å²) < 4.78 is 42.1. The minimum Gasteiger partial charge on any atom is -0.490 e. The van der Waals surface area contributed by atoms with Gasteiger partial charge in [0.1, 0.15) is 5.82 Å². The largest absolute Gasteiger partial charge is 0.490 e. The Hall–Kier alpha value is -2.81.